The number of halogens is 1. The molecule has 1 saturated heterocycles. The minimum atomic E-state index is -0.298. The highest BCUT2D eigenvalue weighted by Gasteiger charge is 2.18. The molecule has 1 aliphatic rings. The van der Waals surface area contributed by atoms with Crippen molar-refractivity contribution >= 4 is 11.8 Å². The first-order valence-corrected chi connectivity index (χ1v) is 11.4. The van der Waals surface area contributed by atoms with Crippen molar-refractivity contribution in [3.63, 3.8) is 0 Å². The summed E-state index contributed by atoms with van der Waals surface area (Å²) >= 11 is 0. The number of nitrogens with zero attached hydrogens (tertiary/aromatic N) is 4. The monoisotopic (exact) mass is 442 g/mol. The van der Waals surface area contributed by atoms with Crippen molar-refractivity contribution < 1.29 is 9.13 Å². The van der Waals surface area contributed by atoms with Gasteiger partial charge < -0.3 is 25.2 Å². The van der Waals surface area contributed by atoms with E-state index in [1.165, 1.54) is 12.1 Å². The number of aliphatic imine (C=N–C) groups is 1. The smallest absolute Gasteiger partial charge is 0.191 e. The summed E-state index contributed by atoms with van der Waals surface area (Å²) in [5.74, 6) is 1.98. The van der Waals surface area contributed by atoms with Gasteiger partial charge in [0, 0.05) is 50.6 Å². The predicted octanol–water partition coefficient (Wildman–Crippen LogP) is 2.89. The standard InChI is InChI=1S/C24H35FN6O/c1-4-21(32-22-10-6-9-20(25)16-22)18-29-24(26-5-2)28-17-19-8-7-11-27-23(19)31-14-12-30(3)13-15-31/h6-11,16,21H,4-5,12-15,17-18H2,1-3H3,(H2,26,28,29). The summed E-state index contributed by atoms with van der Waals surface area (Å²) in [5.41, 5.74) is 1.11. The quantitative estimate of drug-likeness (QED) is 0.460. The van der Waals surface area contributed by atoms with Crippen molar-refractivity contribution in [2.45, 2.75) is 32.9 Å². The Morgan fingerprint density at radius 3 is 2.69 bits per heavy atom. The Hall–Kier alpha value is -2.87. The Morgan fingerprint density at radius 2 is 1.97 bits per heavy atom. The minimum absolute atomic E-state index is 0.0973. The predicted molar refractivity (Wildman–Crippen MR) is 128 cm³/mol. The van der Waals surface area contributed by atoms with E-state index < -0.39 is 0 Å². The Balaban J connectivity index is 1.62. The van der Waals surface area contributed by atoms with Crippen LogP contribution in [-0.2, 0) is 6.54 Å². The fourth-order valence-electron chi connectivity index (χ4n) is 3.58. The summed E-state index contributed by atoms with van der Waals surface area (Å²) in [6.45, 7) is 9.96. The molecule has 32 heavy (non-hydrogen) atoms. The molecular weight excluding hydrogens is 407 g/mol. The van der Waals surface area contributed by atoms with Crippen LogP contribution in [-0.4, -0.2) is 68.3 Å². The molecule has 0 bridgehead atoms. The van der Waals surface area contributed by atoms with Crippen molar-refractivity contribution in [2.24, 2.45) is 4.99 Å². The number of anilines is 1. The second-order valence-corrected chi connectivity index (χ2v) is 7.96. The molecule has 2 aromatic rings. The third-order valence-electron chi connectivity index (χ3n) is 5.47. The van der Waals surface area contributed by atoms with Gasteiger partial charge >= 0.3 is 0 Å². The molecule has 1 aliphatic heterocycles. The molecule has 1 aromatic heterocycles. The average Bonchev–Trinajstić information content (AvgIpc) is 2.80. The van der Waals surface area contributed by atoms with E-state index in [2.05, 4.69) is 38.5 Å². The summed E-state index contributed by atoms with van der Waals surface area (Å²) in [6.07, 6.45) is 2.54. The van der Waals surface area contributed by atoms with Crippen LogP contribution in [0, 0.1) is 5.82 Å². The van der Waals surface area contributed by atoms with Gasteiger partial charge in [-0.3, -0.25) is 0 Å². The molecule has 174 valence electrons. The largest absolute Gasteiger partial charge is 0.489 e. The van der Waals surface area contributed by atoms with Gasteiger partial charge in [0.15, 0.2) is 5.96 Å². The van der Waals surface area contributed by atoms with E-state index in [0.29, 0.717) is 18.8 Å². The summed E-state index contributed by atoms with van der Waals surface area (Å²) in [6, 6.07) is 10.3. The lowest BCUT2D eigenvalue weighted by Gasteiger charge is -2.34. The molecule has 3 rings (SSSR count). The van der Waals surface area contributed by atoms with Gasteiger partial charge in [-0.2, -0.15) is 0 Å². The molecule has 8 heteroatoms. The van der Waals surface area contributed by atoms with Crippen LogP contribution < -0.4 is 20.3 Å². The van der Waals surface area contributed by atoms with Crippen molar-refractivity contribution in [1.82, 2.24) is 20.5 Å². The fraction of sp³-hybridized carbons (Fsp3) is 0.500. The summed E-state index contributed by atoms with van der Waals surface area (Å²) in [7, 11) is 2.15. The number of pyridine rings is 1. The first-order chi connectivity index (χ1) is 15.6. The molecule has 0 saturated carbocycles. The number of likely N-dealkylation sites (N-methyl/N-ethyl adjacent to an activating group) is 1. The van der Waals surface area contributed by atoms with E-state index in [0.717, 1.165) is 56.5 Å². The number of benzene rings is 1. The zero-order chi connectivity index (χ0) is 22.8. The van der Waals surface area contributed by atoms with Crippen LogP contribution in [0.25, 0.3) is 0 Å². The van der Waals surface area contributed by atoms with Crippen molar-refractivity contribution in [3.8, 4) is 5.75 Å². The molecule has 1 fully saturated rings. The second-order valence-electron chi connectivity index (χ2n) is 7.96. The summed E-state index contributed by atoms with van der Waals surface area (Å²) in [5, 5.41) is 6.65. The summed E-state index contributed by atoms with van der Waals surface area (Å²) in [4.78, 5) is 14.1. The van der Waals surface area contributed by atoms with E-state index in [4.69, 9.17) is 9.73 Å². The van der Waals surface area contributed by atoms with Gasteiger partial charge in [-0.15, -0.1) is 0 Å². The molecule has 7 nitrogen and oxygen atoms in total. The molecule has 0 spiro atoms. The highest BCUT2D eigenvalue weighted by molar-refractivity contribution is 5.79. The second kappa shape index (κ2) is 12.2. The molecule has 0 aliphatic carbocycles. The zero-order valence-corrected chi connectivity index (χ0v) is 19.4. The lowest BCUT2D eigenvalue weighted by atomic mass is 10.2. The van der Waals surface area contributed by atoms with E-state index in [9.17, 15) is 4.39 Å². The fourth-order valence-corrected chi connectivity index (χ4v) is 3.58. The minimum Gasteiger partial charge on any atom is -0.489 e. The topological polar surface area (TPSA) is 65.0 Å². The van der Waals surface area contributed by atoms with Gasteiger partial charge in [-0.05, 0) is 38.6 Å². The molecule has 1 atom stereocenters. The Kier molecular flexibility index (Phi) is 9.10. The SMILES string of the molecule is CCNC(=NCc1cccnc1N1CCN(C)CC1)NCC(CC)Oc1cccc(F)c1. The number of aromatic nitrogens is 1. The first-order valence-electron chi connectivity index (χ1n) is 11.4. The van der Waals surface area contributed by atoms with Crippen molar-refractivity contribution in [3.05, 3.63) is 54.0 Å². The number of nitrogens with one attached hydrogen (secondary N) is 2. The van der Waals surface area contributed by atoms with E-state index in [-0.39, 0.29) is 11.9 Å². The van der Waals surface area contributed by atoms with Crippen LogP contribution in [0.3, 0.4) is 0 Å². The van der Waals surface area contributed by atoms with Gasteiger partial charge in [0.25, 0.3) is 0 Å². The number of rotatable bonds is 9. The Labute approximate surface area is 190 Å². The number of piperazine rings is 1. The van der Waals surface area contributed by atoms with Gasteiger partial charge in [-0.25, -0.2) is 14.4 Å². The van der Waals surface area contributed by atoms with Crippen LogP contribution >= 0.6 is 0 Å². The van der Waals surface area contributed by atoms with Crippen LogP contribution in [0.2, 0.25) is 0 Å². The molecule has 1 aromatic carbocycles. The maximum atomic E-state index is 13.4. The number of hydrogen-bond acceptors (Lipinski definition) is 5. The Bertz CT molecular complexity index is 869. The molecular formula is C24H35FN6O. The number of ether oxygens (including phenoxy) is 1. The molecule has 0 radical (unpaired) electrons. The lowest BCUT2D eigenvalue weighted by Crippen LogP contribution is -2.45. The summed E-state index contributed by atoms with van der Waals surface area (Å²) < 4.78 is 19.4. The molecule has 2 N–H and O–H groups in total. The normalized spacial score (nSPS) is 16.0. The van der Waals surface area contributed by atoms with Crippen LogP contribution in [0.1, 0.15) is 25.8 Å². The van der Waals surface area contributed by atoms with Crippen molar-refractivity contribution in [1.29, 1.82) is 0 Å². The average molecular weight is 443 g/mol. The van der Waals surface area contributed by atoms with Gasteiger partial charge in [-0.1, -0.05) is 19.1 Å². The van der Waals surface area contributed by atoms with Gasteiger partial charge in [0.05, 0.1) is 13.1 Å². The lowest BCUT2D eigenvalue weighted by molar-refractivity contribution is 0.198. The Morgan fingerprint density at radius 1 is 1.16 bits per heavy atom. The molecule has 1 unspecified atom stereocenters. The molecule has 2 heterocycles. The van der Waals surface area contributed by atoms with E-state index in [1.54, 1.807) is 12.1 Å². The van der Waals surface area contributed by atoms with E-state index in [1.807, 2.05) is 26.1 Å². The third-order valence-corrected chi connectivity index (χ3v) is 5.47. The number of hydrogen-bond donors (Lipinski definition) is 2. The van der Waals surface area contributed by atoms with Gasteiger partial charge in [0.2, 0.25) is 0 Å². The highest BCUT2D eigenvalue weighted by Crippen LogP contribution is 2.19. The van der Waals surface area contributed by atoms with Gasteiger partial charge in [0.1, 0.15) is 23.5 Å². The van der Waals surface area contributed by atoms with Crippen LogP contribution in [0.5, 0.6) is 5.75 Å². The van der Waals surface area contributed by atoms with E-state index >= 15 is 0 Å². The maximum Gasteiger partial charge on any atom is 0.191 e. The third kappa shape index (κ3) is 7.09. The maximum absolute atomic E-state index is 13.4. The van der Waals surface area contributed by atoms with Crippen LogP contribution in [0.4, 0.5) is 10.2 Å². The first kappa shape index (κ1) is 23.8. The highest BCUT2D eigenvalue weighted by atomic mass is 19.1. The number of guanidine groups is 1. The molecule has 0 amide bonds. The van der Waals surface area contributed by atoms with Crippen molar-refractivity contribution in [2.75, 3.05) is 51.2 Å². The zero-order valence-electron chi connectivity index (χ0n) is 19.4. The van der Waals surface area contributed by atoms with Crippen LogP contribution in [0.15, 0.2) is 47.6 Å².